The number of nitrogens with zero attached hydrogens (tertiary/aromatic N) is 4. The predicted molar refractivity (Wildman–Crippen MR) is 111 cm³/mol. The average molecular weight is 387 g/mol. The number of aryl methyl sites for hydroxylation is 3. The Labute approximate surface area is 167 Å². The van der Waals surface area contributed by atoms with E-state index in [0.29, 0.717) is 12.2 Å². The van der Waals surface area contributed by atoms with Crippen LogP contribution in [0.3, 0.4) is 0 Å². The predicted octanol–water partition coefficient (Wildman–Crippen LogP) is 3.07. The summed E-state index contributed by atoms with van der Waals surface area (Å²) in [5.41, 5.74) is 3.81. The van der Waals surface area contributed by atoms with Crippen LogP contribution in [0.5, 0.6) is 0 Å². The van der Waals surface area contributed by atoms with Crippen molar-refractivity contribution in [2.24, 2.45) is 0 Å². The van der Waals surface area contributed by atoms with E-state index in [9.17, 15) is 9.59 Å². The lowest BCUT2D eigenvalue weighted by Crippen LogP contribution is -2.20. The Bertz CT molecular complexity index is 1240. The number of amides is 1. The van der Waals surface area contributed by atoms with Crippen molar-refractivity contribution in [3.05, 3.63) is 88.2 Å². The molecular formula is C22H21N5O2. The number of aromatic nitrogens is 4. The van der Waals surface area contributed by atoms with Crippen LogP contribution in [-0.2, 0) is 11.2 Å². The highest BCUT2D eigenvalue weighted by atomic mass is 16.1. The van der Waals surface area contributed by atoms with Crippen molar-refractivity contribution in [1.29, 1.82) is 0 Å². The van der Waals surface area contributed by atoms with Gasteiger partial charge in [-0.3, -0.25) is 18.6 Å². The second-order valence-corrected chi connectivity index (χ2v) is 6.97. The molecule has 4 aromatic rings. The molecule has 2 aromatic heterocycles. The van der Waals surface area contributed by atoms with Gasteiger partial charge < -0.3 is 5.32 Å². The van der Waals surface area contributed by atoms with E-state index in [1.54, 1.807) is 21.4 Å². The molecule has 0 atom stereocenters. The van der Waals surface area contributed by atoms with Gasteiger partial charge in [0.1, 0.15) is 5.82 Å². The van der Waals surface area contributed by atoms with E-state index in [4.69, 9.17) is 0 Å². The molecule has 2 aromatic carbocycles. The van der Waals surface area contributed by atoms with Crippen LogP contribution in [0.15, 0.2) is 65.7 Å². The fourth-order valence-corrected chi connectivity index (χ4v) is 3.15. The van der Waals surface area contributed by atoms with Gasteiger partial charge in [0.05, 0.1) is 0 Å². The number of hydrogen-bond donors (Lipinski definition) is 1. The van der Waals surface area contributed by atoms with Gasteiger partial charge in [0.25, 0.3) is 0 Å². The molecule has 146 valence electrons. The maximum atomic E-state index is 12.9. The summed E-state index contributed by atoms with van der Waals surface area (Å²) in [6.45, 7) is 4.04. The van der Waals surface area contributed by atoms with Crippen molar-refractivity contribution < 1.29 is 4.79 Å². The molecule has 0 unspecified atom stereocenters. The summed E-state index contributed by atoms with van der Waals surface area (Å²) < 4.78 is 3.21. The van der Waals surface area contributed by atoms with Crippen molar-refractivity contribution in [1.82, 2.24) is 19.2 Å². The normalized spacial score (nSPS) is 11.0. The fraction of sp³-hybridized carbons (Fsp3) is 0.182. The topological polar surface area (TPSA) is 81.3 Å². The van der Waals surface area contributed by atoms with E-state index >= 15 is 0 Å². The molecule has 29 heavy (non-hydrogen) atoms. The Morgan fingerprint density at radius 3 is 2.55 bits per heavy atom. The SMILES string of the molecule is Cc1ccc(-n2ccn3c(CCC(=O)Nc4ccccc4)nnc3c2=O)cc1C. The third-order valence-electron chi connectivity index (χ3n) is 4.94. The molecule has 4 rings (SSSR count). The Morgan fingerprint density at radius 1 is 1.00 bits per heavy atom. The Hall–Kier alpha value is -3.74. The number of anilines is 1. The van der Waals surface area contributed by atoms with Crippen LogP contribution in [0.2, 0.25) is 0 Å². The Kier molecular flexibility index (Phi) is 4.95. The van der Waals surface area contributed by atoms with Gasteiger partial charge in [-0.2, -0.15) is 0 Å². The van der Waals surface area contributed by atoms with Crippen molar-refractivity contribution in [3.8, 4) is 5.69 Å². The molecule has 0 aliphatic rings. The average Bonchev–Trinajstić information content (AvgIpc) is 3.14. The third-order valence-corrected chi connectivity index (χ3v) is 4.94. The van der Waals surface area contributed by atoms with Crippen LogP contribution in [-0.4, -0.2) is 25.1 Å². The van der Waals surface area contributed by atoms with Crippen molar-refractivity contribution >= 4 is 17.2 Å². The Morgan fingerprint density at radius 2 is 1.79 bits per heavy atom. The molecule has 0 saturated heterocycles. The monoisotopic (exact) mass is 387 g/mol. The summed E-state index contributed by atoms with van der Waals surface area (Å²) in [4.78, 5) is 25.1. The highest BCUT2D eigenvalue weighted by Gasteiger charge is 2.13. The number of benzene rings is 2. The van der Waals surface area contributed by atoms with E-state index in [0.717, 1.165) is 16.9 Å². The lowest BCUT2D eigenvalue weighted by atomic mass is 10.1. The number of fused-ring (bicyclic) bond motifs is 1. The largest absolute Gasteiger partial charge is 0.326 e. The fourth-order valence-electron chi connectivity index (χ4n) is 3.15. The van der Waals surface area contributed by atoms with Gasteiger partial charge >= 0.3 is 5.56 Å². The number of para-hydroxylation sites is 1. The highest BCUT2D eigenvalue weighted by Crippen LogP contribution is 2.13. The number of rotatable bonds is 5. The van der Waals surface area contributed by atoms with Gasteiger partial charge in [-0.05, 0) is 49.2 Å². The van der Waals surface area contributed by atoms with E-state index in [-0.39, 0.29) is 23.5 Å². The lowest BCUT2D eigenvalue weighted by molar-refractivity contribution is -0.116. The van der Waals surface area contributed by atoms with Crippen LogP contribution >= 0.6 is 0 Å². The minimum Gasteiger partial charge on any atom is -0.326 e. The summed E-state index contributed by atoms with van der Waals surface area (Å²) in [6.07, 6.45) is 4.09. The van der Waals surface area contributed by atoms with Gasteiger partial charge in [-0.15, -0.1) is 10.2 Å². The van der Waals surface area contributed by atoms with Gasteiger partial charge in [0, 0.05) is 36.6 Å². The van der Waals surface area contributed by atoms with Crippen LogP contribution in [0.1, 0.15) is 23.4 Å². The van der Waals surface area contributed by atoms with Gasteiger partial charge in [-0.25, -0.2) is 0 Å². The minimum atomic E-state index is -0.247. The van der Waals surface area contributed by atoms with Crippen LogP contribution in [0, 0.1) is 13.8 Å². The maximum Gasteiger partial charge on any atom is 0.300 e. The van der Waals surface area contributed by atoms with Crippen LogP contribution in [0.4, 0.5) is 5.69 Å². The van der Waals surface area contributed by atoms with Crippen LogP contribution in [0.25, 0.3) is 11.3 Å². The zero-order valence-corrected chi connectivity index (χ0v) is 16.3. The first kappa shape index (κ1) is 18.6. The number of carbonyl (C=O) groups is 1. The second kappa shape index (κ2) is 7.71. The summed E-state index contributed by atoms with van der Waals surface area (Å²) >= 11 is 0. The zero-order valence-electron chi connectivity index (χ0n) is 16.3. The maximum absolute atomic E-state index is 12.9. The first-order valence-electron chi connectivity index (χ1n) is 9.41. The van der Waals surface area contributed by atoms with Crippen LogP contribution < -0.4 is 10.9 Å². The van der Waals surface area contributed by atoms with E-state index in [2.05, 4.69) is 15.5 Å². The summed E-state index contributed by atoms with van der Waals surface area (Å²) in [7, 11) is 0. The Balaban J connectivity index is 1.55. The molecular weight excluding hydrogens is 366 g/mol. The minimum absolute atomic E-state index is 0.114. The standard InChI is InChI=1S/C22H21N5O2/c1-15-8-9-18(14-16(15)2)26-12-13-27-19(24-25-21(27)22(26)29)10-11-20(28)23-17-6-4-3-5-7-17/h3-9,12-14H,10-11H2,1-2H3,(H,23,28). The lowest BCUT2D eigenvalue weighted by Gasteiger charge is -2.09. The molecule has 0 bridgehead atoms. The van der Waals surface area contributed by atoms with Gasteiger partial charge in [0.2, 0.25) is 11.6 Å². The molecule has 0 fully saturated rings. The molecule has 2 heterocycles. The summed E-state index contributed by atoms with van der Waals surface area (Å²) in [5, 5.41) is 11.0. The molecule has 0 aliphatic heterocycles. The van der Waals surface area contributed by atoms with Crippen molar-refractivity contribution in [2.45, 2.75) is 26.7 Å². The number of carbonyl (C=O) groups excluding carboxylic acids is 1. The van der Waals surface area contributed by atoms with E-state index < -0.39 is 0 Å². The molecule has 0 aliphatic carbocycles. The molecule has 1 N–H and O–H groups in total. The third kappa shape index (κ3) is 3.80. The quantitative estimate of drug-likeness (QED) is 0.571. The summed E-state index contributed by atoms with van der Waals surface area (Å²) in [5.74, 6) is 0.462. The van der Waals surface area contributed by atoms with Crippen molar-refractivity contribution in [2.75, 3.05) is 5.32 Å². The van der Waals surface area contributed by atoms with Crippen molar-refractivity contribution in [3.63, 3.8) is 0 Å². The molecule has 0 spiro atoms. The molecule has 0 radical (unpaired) electrons. The van der Waals surface area contributed by atoms with E-state index in [1.165, 1.54) is 5.56 Å². The molecule has 7 nitrogen and oxygen atoms in total. The summed E-state index contributed by atoms with van der Waals surface area (Å²) in [6, 6.07) is 15.2. The highest BCUT2D eigenvalue weighted by molar-refractivity contribution is 5.90. The number of hydrogen-bond acceptors (Lipinski definition) is 4. The number of nitrogens with one attached hydrogen (secondary N) is 1. The first-order valence-corrected chi connectivity index (χ1v) is 9.41. The molecule has 0 saturated carbocycles. The molecule has 7 heteroatoms. The first-order chi connectivity index (χ1) is 14.0. The smallest absolute Gasteiger partial charge is 0.300 e. The second-order valence-electron chi connectivity index (χ2n) is 6.97. The zero-order chi connectivity index (χ0) is 20.4. The molecule has 1 amide bonds. The van der Waals surface area contributed by atoms with Gasteiger partial charge in [-0.1, -0.05) is 24.3 Å². The van der Waals surface area contributed by atoms with Gasteiger partial charge in [0.15, 0.2) is 0 Å². The van der Waals surface area contributed by atoms with E-state index in [1.807, 2.05) is 62.4 Å².